The second-order valence-electron chi connectivity index (χ2n) is 4.04. The first kappa shape index (κ1) is 11.6. The SMILES string of the molecule is CC(C)(CO)[C@@H](N)c1ccc(Br)nc1. The Hall–Kier alpha value is -0.450. The predicted molar refractivity (Wildman–Crippen MR) is 59.7 cm³/mol. The summed E-state index contributed by atoms with van der Waals surface area (Å²) in [6, 6.07) is 3.56. The van der Waals surface area contributed by atoms with Crippen LogP contribution in [-0.2, 0) is 0 Å². The molecule has 0 aliphatic rings. The van der Waals surface area contributed by atoms with Crippen LogP contribution in [0, 0.1) is 5.41 Å². The molecule has 0 radical (unpaired) electrons. The molecule has 0 bridgehead atoms. The van der Waals surface area contributed by atoms with E-state index in [2.05, 4.69) is 20.9 Å². The summed E-state index contributed by atoms with van der Waals surface area (Å²) in [6.07, 6.45) is 1.73. The Bertz CT molecular complexity index is 297. The van der Waals surface area contributed by atoms with Gasteiger partial charge in [0.2, 0.25) is 0 Å². The fraction of sp³-hybridized carbons (Fsp3) is 0.500. The number of nitrogens with zero attached hydrogens (tertiary/aromatic N) is 1. The van der Waals surface area contributed by atoms with Crippen molar-refractivity contribution in [3.63, 3.8) is 0 Å². The topological polar surface area (TPSA) is 59.1 Å². The van der Waals surface area contributed by atoms with Gasteiger partial charge in [-0.15, -0.1) is 0 Å². The Morgan fingerprint density at radius 3 is 2.64 bits per heavy atom. The highest BCUT2D eigenvalue weighted by Crippen LogP contribution is 2.30. The Morgan fingerprint density at radius 2 is 2.21 bits per heavy atom. The molecule has 3 nitrogen and oxygen atoms in total. The van der Waals surface area contributed by atoms with Gasteiger partial charge in [0.15, 0.2) is 0 Å². The Morgan fingerprint density at radius 1 is 1.57 bits per heavy atom. The molecule has 1 atom stereocenters. The molecule has 0 aliphatic heterocycles. The quantitative estimate of drug-likeness (QED) is 0.814. The maximum Gasteiger partial charge on any atom is 0.106 e. The summed E-state index contributed by atoms with van der Waals surface area (Å²) in [5.41, 5.74) is 6.63. The van der Waals surface area contributed by atoms with Gasteiger partial charge in [0.05, 0.1) is 0 Å². The zero-order chi connectivity index (χ0) is 10.8. The zero-order valence-corrected chi connectivity index (χ0v) is 9.95. The molecule has 0 amide bonds. The lowest BCUT2D eigenvalue weighted by Crippen LogP contribution is -2.32. The average Bonchev–Trinajstić information content (AvgIpc) is 2.18. The van der Waals surface area contributed by atoms with Crippen LogP contribution in [-0.4, -0.2) is 16.7 Å². The third kappa shape index (κ3) is 2.53. The number of hydrogen-bond acceptors (Lipinski definition) is 3. The molecular formula is C10H15BrN2O. The molecule has 0 unspecified atom stereocenters. The maximum absolute atomic E-state index is 9.17. The minimum atomic E-state index is -0.324. The van der Waals surface area contributed by atoms with E-state index in [1.54, 1.807) is 6.20 Å². The van der Waals surface area contributed by atoms with Crippen LogP contribution in [0.25, 0.3) is 0 Å². The number of aliphatic hydroxyl groups is 1. The van der Waals surface area contributed by atoms with Crippen molar-refractivity contribution in [2.75, 3.05) is 6.61 Å². The molecule has 0 saturated carbocycles. The van der Waals surface area contributed by atoms with E-state index in [0.29, 0.717) is 0 Å². The van der Waals surface area contributed by atoms with Gasteiger partial charge in [-0.25, -0.2) is 4.98 Å². The standard InChI is InChI=1S/C10H15BrN2O/c1-10(2,6-14)9(12)7-3-4-8(11)13-5-7/h3-5,9,14H,6,12H2,1-2H3/t9-/m0/s1. The lowest BCUT2D eigenvalue weighted by molar-refractivity contribution is 0.132. The number of aromatic nitrogens is 1. The second kappa shape index (κ2) is 4.38. The van der Waals surface area contributed by atoms with Crippen molar-refractivity contribution in [1.82, 2.24) is 4.98 Å². The summed E-state index contributed by atoms with van der Waals surface area (Å²) < 4.78 is 0.787. The number of nitrogens with two attached hydrogens (primary N) is 1. The molecule has 1 aromatic heterocycles. The highest BCUT2D eigenvalue weighted by molar-refractivity contribution is 9.10. The molecule has 3 N–H and O–H groups in total. The Balaban J connectivity index is 2.89. The third-order valence-corrected chi connectivity index (χ3v) is 2.83. The van der Waals surface area contributed by atoms with Gasteiger partial charge in [-0.3, -0.25) is 0 Å². The van der Waals surface area contributed by atoms with E-state index >= 15 is 0 Å². The first-order valence-corrected chi connectivity index (χ1v) is 5.24. The summed E-state index contributed by atoms with van der Waals surface area (Å²) >= 11 is 3.26. The van der Waals surface area contributed by atoms with Crippen LogP contribution in [0.5, 0.6) is 0 Å². The highest BCUT2D eigenvalue weighted by atomic mass is 79.9. The third-order valence-electron chi connectivity index (χ3n) is 2.36. The van der Waals surface area contributed by atoms with Gasteiger partial charge in [0, 0.05) is 24.3 Å². The van der Waals surface area contributed by atoms with Crippen molar-refractivity contribution in [3.05, 3.63) is 28.5 Å². The van der Waals surface area contributed by atoms with Crippen molar-refractivity contribution in [2.24, 2.45) is 11.1 Å². The molecule has 0 spiro atoms. The van der Waals surface area contributed by atoms with Gasteiger partial charge in [-0.1, -0.05) is 19.9 Å². The fourth-order valence-electron chi connectivity index (χ4n) is 1.12. The molecule has 0 fully saturated rings. The molecule has 0 saturated heterocycles. The Labute approximate surface area is 92.5 Å². The van der Waals surface area contributed by atoms with E-state index in [9.17, 15) is 5.11 Å². The van der Waals surface area contributed by atoms with E-state index in [-0.39, 0.29) is 18.1 Å². The second-order valence-corrected chi connectivity index (χ2v) is 4.85. The zero-order valence-electron chi connectivity index (χ0n) is 8.37. The van der Waals surface area contributed by atoms with Crippen LogP contribution in [0.4, 0.5) is 0 Å². The van der Waals surface area contributed by atoms with Gasteiger partial charge in [0.25, 0.3) is 0 Å². The molecule has 0 aliphatic carbocycles. The molecule has 14 heavy (non-hydrogen) atoms. The maximum atomic E-state index is 9.17. The monoisotopic (exact) mass is 258 g/mol. The van der Waals surface area contributed by atoms with Crippen molar-refractivity contribution in [1.29, 1.82) is 0 Å². The first-order valence-electron chi connectivity index (χ1n) is 4.45. The van der Waals surface area contributed by atoms with Crippen LogP contribution in [0.3, 0.4) is 0 Å². The number of rotatable bonds is 3. The van der Waals surface area contributed by atoms with Crippen LogP contribution in [0.2, 0.25) is 0 Å². The highest BCUT2D eigenvalue weighted by Gasteiger charge is 2.26. The first-order chi connectivity index (χ1) is 6.47. The minimum absolute atomic E-state index is 0.0598. The molecule has 4 heteroatoms. The van der Waals surface area contributed by atoms with Gasteiger partial charge in [-0.05, 0) is 27.6 Å². The van der Waals surface area contributed by atoms with Gasteiger partial charge in [-0.2, -0.15) is 0 Å². The average molecular weight is 259 g/mol. The molecule has 1 rings (SSSR count). The van der Waals surface area contributed by atoms with Crippen LogP contribution >= 0.6 is 15.9 Å². The van der Waals surface area contributed by atoms with Crippen molar-refractivity contribution in [3.8, 4) is 0 Å². The smallest absolute Gasteiger partial charge is 0.106 e. The summed E-state index contributed by atoms with van der Waals surface area (Å²) in [6.45, 7) is 3.92. The number of aliphatic hydroxyl groups excluding tert-OH is 1. The van der Waals surface area contributed by atoms with Gasteiger partial charge >= 0.3 is 0 Å². The van der Waals surface area contributed by atoms with Crippen LogP contribution < -0.4 is 5.73 Å². The van der Waals surface area contributed by atoms with E-state index in [0.717, 1.165) is 10.2 Å². The predicted octanol–water partition coefficient (Wildman–Crippen LogP) is 1.86. The molecule has 78 valence electrons. The molecule has 0 aromatic carbocycles. The summed E-state index contributed by atoms with van der Waals surface area (Å²) in [7, 11) is 0. The number of halogens is 1. The van der Waals surface area contributed by atoms with Crippen LogP contribution in [0.1, 0.15) is 25.5 Å². The van der Waals surface area contributed by atoms with E-state index in [4.69, 9.17) is 5.73 Å². The van der Waals surface area contributed by atoms with E-state index in [1.807, 2.05) is 26.0 Å². The van der Waals surface area contributed by atoms with Crippen molar-refractivity contribution in [2.45, 2.75) is 19.9 Å². The normalized spacial score (nSPS) is 14.1. The lowest BCUT2D eigenvalue weighted by Gasteiger charge is -2.29. The fourth-order valence-corrected chi connectivity index (χ4v) is 1.36. The Kier molecular flexibility index (Phi) is 3.64. The summed E-state index contributed by atoms with van der Waals surface area (Å²) in [5, 5.41) is 9.17. The van der Waals surface area contributed by atoms with Crippen molar-refractivity contribution < 1.29 is 5.11 Å². The lowest BCUT2D eigenvalue weighted by atomic mass is 9.82. The van der Waals surface area contributed by atoms with Gasteiger partial charge in [0.1, 0.15) is 4.60 Å². The summed E-state index contributed by atoms with van der Waals surface area (Å²) in [5.74, 6) is 0. The van der Waals surface area contributed by atoms with E-state index in [1.165, 1.54) is 0 Å². The van der Waals surface area contributed by atoms with Crippen LogP contribution in [0.15, 0.2) is 22.9 Å². The largest absolute Gasteiger partial charge is 0.396 e. The van der Waals surface area contributed by atoms with Gasteiger partial charge < -0.3 is 10.8 Å². The number of pyridine rings is 1. The van der Waals surface area contributed by atoms with E-state index < -0.39 is 0 Å². The molecule has 1 aromatic rings. The molecular weight excluding hydrogens is 244 g/mol. The van der Waals surface area contributed by atoms with Crippen molar-refractivity contribution >= 4 is 15.9 Å². The minimum Gasteiger partial charge on any atom is -0.396 e. The molecule has 1 heterocycles. The number of hydrogen-bond donors (Lipinski definition) is 2. The summed E-state index contributed by atoms with van der Waals surface area (Å²) in [4.78, 5) is 4.10.